The van der Waals surface area contributed by atoms with E-state index in [-0.39, 0.29) is 18.0 Å². The molecule has 0 spiro atoms. The number of rotatable bonds is 4. The van der Waals surface area contributed by atoms with E-state index in [9.17, 15) is 13.6 Å². The Morgan fingerprint density at radius 1 is 1.10 bits per heavy atom. The Hall–Kier alpha value is -2.23. The molecule has 0 heterocycles. The van der Waals surface area contributed by atoms with Gasteiger partial charge in [0.2, 0.25) is 5.91 Å². The van der Waals surface area contributed by atoms with E-state index >= 15 is 0 Å². The first-order valence-electron chi connectivity index (χ1n) is 6.34. The first-order chi connectivity index (χ1) is 9.52. The van der Waals surface area contributed by atoms with Crippen LogP contribution in [0.2, 0.25) is 0 Å². The van der Waals surface area contributed by atoms with E-state index < -0.39 is 11.6 Å². The molecule has 0 aliphatic heterocycles. The largest absolute Gasteiger partial charge is 0.326 e. The van der Waals surface area contributed by atoms with Crippen molar-refractivity contribution in [1.29, 1.82) is 0 Å². The second-order valence-electron chi connectivity index (χ2n) is 4.70. The average Bonchev–Trinajstić information content (AvgIpc) is 2.35. The lowest BCUT2D eigenvalue weighted by molar-refractivity contribution is -0.116. The van der Waals surface area contributed by atoms with Crippen molar-refractivity contribution >= 4 is 11.6 Å². The molecule has 0 aromatic heterocycles. The van der Waals surface area contributed by atoms with Crippen molar-refractivity contribution in [1.82, 2.24) is 0 Å². The number of amides is 1. The lowest BCUT2D eigenvalue weighted by Crippen LogP contribution is -2.12. The lowest BCUT2D eigenvalue weighted by atomic mass is 10.1. The maximum absolute atomic E-state index is 13.0. The molecule has 0 radical (unpaired) electrons. The Balaban J connectivity index is 1.92. The van der Waals surface area contributed by atoms with E-state index in [2.05, 4.69) is 5.32 Å². The van der Waals surface area contributed by atoms with E-state index in [1.807, 2.05) is 31.2 Å². The number of aryl methyl sites for hydroxylation is 2. The first-order valence-corrected chi connectivity index (χ1v) is 6.34. The SMILES string of the molecule is Cc1cccc(CCC(=O)Nc2cc(F)cc(F)c2)c1. The third-order valence-corrected chi connectivity index (χ3v) is 2.87. The minimum Gasteiger partial charge on any atom is -0.326 e. The van der Waals surface area contributed by atoms with Gasteiger partial charge in [-0.1, -0.05) is 29.8 Å². The van der Waals surface area contributed by atoms with Crippen LogP contribution in [-0.4, -0.2) is 5.91 Å². The summed E-state index contributed by atoms with van der Waals surface area (Å²) < 4.78 is 26.0. The second kappa shape index (κ2) is 6.28. The fourth-order valence-electron chi connectivity index (χ4n) is 1.98. The van der Waals surface area contributed by atoms with Crippen molar-refractivity contribution in [2.45, 2.75) is 19.8 Å². The van der Waals surface area contributed by atoms with Crippen LogP contribution in [0, 0.1) is 18.6 Å². The van der Waals surface area contributed by atoms with Gasteiger partial charge in [-0.15, -0.1) is 0 Å². The van der Waals surface area contributed by atoms with Gasteiger partial charge in [0.25, 0.3) is 0 Å². The first kappa shape index (κ1) is 14.2. The molecular formula is C16H15F2NO. The van der Waals surface area contributed by atoms with E-state index in [0.717, 1.165) is 29.3 Å². The molecule has 0 saturated carbocycles. The zero-order valence-corrected chi connectivity index (χ0v) is 11.1. The second-order valence-corrected chi connectivity index (χ2v) is 4.70. The van der Waals surface area contributed by atoms with Crippen molar-refractivity contribution < 1.29 is 13.6 Å². The monoisotopic (exact) mass is 275 g/mol. The molecular weight excluding hydrogens is 260 g/mol. The highest BCUT2D eigenvalue weighted by Gasteiger charge is 2.06. The van der Waals surface area contributed by atoms with Crippen LogP contribution in [0.5, 0.6) is 0 Å². The molecule has 2 aromatic rings. The van der Waals surface area contributed by atoms with E-state index in [1.165, 1.54) is 0 Å². The van der Waals surface area contributed by atoms with Gasteiger partial charge in [0.05, 0.1) is 0 Å². The molecule has 0 atom stereocenters. The molecule has 104 valence electrons. The van der Waals surface area contributed by atoms with Crippen LogP contribution in [0.4, 0.5) is 14.5 Å². The molecule has 0 fully saturated rings. The van der Waals surface area contributed by atoms with Crippen LogP contribution in [0.15, 0.2) is 42.5 Å². The minimum atomic E-state index is -0.709. The molecule has 2 aromatic carbocycles. The topological polar surface area (TPSA) is 29.1 Å². The number of carbonyl (C=O) groups is 1. The smallest absolute Gasteiger partial charge is 0.224 e. The van der Waals surface area contributed by atoms with Gasteiger partial charge in [-0.2, -0.15) is 0 Å². The van der Waals surface area contributed by atoms with Gasteiger partial charge in [-0.05, 0) is 31.0 Å². The molecule has 0 aliphatic rings. The highest BCUT2D eigenvalue weighted by molar-refractivity contribution is 5.90. The van der Waals surface area contributed by atoms with Crippen LogP contribution < -0.4 is 5.32 Å². The number of hydrogen-bond acceptors (Lipinski definition) is 1. The van der Waals surface area contributed by atoms with E-state index in [0.29, 0.717) is 6.42 Å². The van der Waals surface area contributed by atoms with Gasteiger partial charge in [-0.25, -0.2) is 8.78 Å². The Labute approximate surface area is 116 Å². The number of benzene rings is 2. The Morgan fingerprint density at radius 3 is 2.45 bits per heavy atom. The van der Waals surface area contributed by atoms with E-state index in [4.69, 9.17) is 0 Å². The number of carbonyl (C=O) groups excluding carboxylic acids is 1. The number of anilines is 1. The summed E-state index contributed by atoms with van der Waals surface area (Å²) in [4.78, 5) is 11.7. The quantitative estimate of drug-likeness (QED) is 0.902. The molecule has 0 unspecified atom stereocenters. The van der Waals surface area contributed by atoms with Gasteiger partial charge in [-0.3, -0.25) is 4.79 Å². The molecule has 0 aliphatic carbocycles. The van der Waals surface area contributed by atoms with Gasteiger partial charge < -0.3 is 5.32 Å². The van der Waals surface area contributed by atoms with Crippen LogP contribution in [0.25, 0.3) is 0 Å². The van der Waals surface area contributed by atoms with Gasteiger partial charge >= 0.3 is 0 Å². The summed E-state index contributed by atoms with van der Waals surface area (Å²) in [7, 11) is 0. The van der Waals surface area contributed by atoms with Crippen LogP contribution >= 0.6 is 0 Å². The molecule has 0 saturated heterocycles. The third kappa shape index (κ3) is 4.16. The Kier molecular flexibility index (Phi) is 4.45. The fraction of sp³-hybridized carbons (Fsp3) is 0.188. The lowest BCUT2D eigenvalue weighted by Gasteiger charge is -2.06. The summed E-state index contributed by atoms with van der Waals surface area (Å²) in [5, 5.41) is 2.49. The number of nitrogens with one attached hydrogen (secondary N) is 1. The molecule has 2 rings (SSSR count). The van der Waals surface area contributed by atoms with Crippen molar-refractivity contribution in [3.63, 3.8) is 0 Å². The van der Waals surface area contributed by atoms with Crippen molar-refractivity contribution in [2.24, 2.45) is 0 Å². The molecule has 1 amide bonds. The Morgan fingerprint density at radius 2 is 1.80 bits per heavy atom. The minimum absolute atomic E-state index is 0.136. The predicted molar refractivity (Wildman–Crippen MR) is 74.5 cm³/mol. The summed E-state index contributed by atoms with van der Waals surface area (Å²) >= 11 is 0. The maximum Gasteiger partial charge on any atom is 0.224 e. The molecule has 0 bridgehead atoms. The molecule has 1 N–H and O–H groups in total. The van der Waals surface area contributed by atoms with Gasteiger partial charge in [0, 0.05) is 18.2 Å². The zero-order valence-electron chi connectivity index (χ0n) is 11.1. The van der Waals surface area contributed by atoms with Crippen molar-refractivity contribution in [3.8, 4) is 0 Å². The Bertz CT molecular complexity index is 605. The highest BCUT2D eigenvalue weighted by Crippen LogP contribution is 2.14. The maximum atomic E-state index is 13.0. The average molecular weight is 275 g/mol. The summed E-state index contributed by atoms with van der Waals surface area (Å²) in [6.07, 6.45) is 0.854. The fourth-order valence-corrected chi connectivity index (χ4v) is 1.98. The standard InChI is InChI=1S/C16H15F2NO/c1-11-3-2-4-12(7-11)5-6-16(20)19-15-9-13(17)8-14(18)10-15/h2-4,7-10H,5-6H2,1H3,(H,19,20). The van der Waals surface area contributed by atoms with Gasteiger partial charge in [0.15, 0.2) is 0 Å². The molecule has 20 heavy (non-hydrogen) atoms. The normalized spacial score (nSPS) is 10.3. The summed E-state index contributed by atoms with van der Waals surface area (Å²) in [5.41, 5.74) is 2.33. The summed E-state index contributed by atoms with van der Waals surface area (Å²) in [6, 6.07) is 10.8. The van der Waals surface area contributed by atoms with Crippen LogP contribution in [0.1, 0.15) is 17.5 Å². The van der Waals surface area contributed by atoms with Crippen LogP contribution in [0.3, 0.4) is 0 Å². The van der Waals surface area contributed by atoms with E-state index in [1.54, 1.807) is 0 Å². The number of halogens is 2. The number of hydrogen-bond donors (Lipinski definition) is 1. The molecule has 2 nitrogen and oxygen atoms in total. The summed E-state index contributed by atoms with van der Waals surface area (Å²) in [6.45, 7) is 1.99. The van der Waals surface area contributed by atoms with Gasteiger partial charge in [0.1, 0.15) is 11.6 Å². The molecule has 4 heteroatoms. The zero-order chi connectivity index (χ0) is 14.5. The highest BCUT2D eigenvalue weighted by atomic mass is 19.1. The van der Waals surface area contributed by atoms with Crippen molar-refractivity contribution in [2.75, 3.05) is 5.32 Å². The summed E-state index contributed by atoms with van der Waals surface area (Å²) in [5.74, 6) is -1.69. The van der Waals surface area contributed by atoms with Crippen LogP contribution in [-0.2, 0) is 11.2 Å². The predicted octanol–water partition coefficient (Wildman–Crippen LogP) is 3.84. The van der Waals surface area contributed by atoms with Crippen molar-refractivity contribution in [3.05, 3.63) is 65.2 Å². The third-order valence-electron chi connectivity index (χ3n) is 2.87.